The molecule has 28 heavy (non-hydrogen) atoms. The topological polar surface area (TPSA) is 61.6 Å². The van der Waals surface area contributed by atoms with Gasteiger partial charge in [-0.15, -0.1) is 0 Å². The molecule has 0 saturated carbocycles. The fraction of sp³-hybridized carbons (Fsp3) is 0.435. The van der Waals surface area contributed by atoms with Gasteiger partial charge < -0.3 is 16.0 Å². The van der Waals surface area contributed by atoms with Crippen LogP contribution in [-0.4, -0.2) is 56.6 Å². The predicted molar refractivity (Wildman–Crippen MR) is 114 cm³/mol. The van der Waals surface area contributed by atoms with Gasteiger partial charge in [0.25, 0.3) is 0 Å². The van der Waals surface area contributed by atoms with Crippen molar-refractivity contribution in [3.63, 3.8) is 0 Å². The van der Waals surface area contributed by atoms with Crippen LogP contribution in [0.2, 0.25) is 0 Å². The number of amides is 1. The molecule has 0 radical (unpaired) electrons. The molecule has 2 aliphatic heterocycles. The summed E-state index contributed by atoms with van der Waals surface area (Å²) >= 11 is 0. The van der Waals surface area contributed by atoms with Gasteiger partial charge >= 0.3 is 0 Å². The Labute approximate surface area is 167 Å². The van der Waals surface area contributed by atoms with E-state index in [1.807, 2.05) is 6.07 Å². The maximum atomic E-state index is 12.5. The number of rotatable bonds is 7. The molecule has 0 aromatic heterocycles. The Morgan fingerprint density at radius 2 is 1.86 bits per heavy atom. The lowest BCUT2D eigenvalue weighted by atomic mass is 9.89. The minimum atomic E-state index is 0.108. The molecular weight excluding hydrogens is 348 g/mol. The molecule has 0 spiro atoms. The van der Waals surface area contributed by atoms with Crippen LogP contribution in [0.4, 0.5) is 5.69 Å². The summed E-state index contributed by atoms with van der Waals surface area (Å²) in [6.07, 6.45) is 1.10. The van der Waals surface area contributed by atoms with E-state index >= 15 is 0 Å². The highest BCUT2D eigenvalue weighted by atomic mass is 16.2. The molecule has 1 fully saturated rings. The maximum Gasteiger partial charge on any atom is 0.234 e. The molecule has 0 bridgehead atoms. The first-order chi connectivity index (χ1) is 13.7. The van der Waals surface area contributed by atoms with Crippen LogP contribution >= 0.6 is 0 Å². The lowest BCUT2D eigenvalue weighted by Crippen LogP contribution is -2.40. The van der Waals surface area contributed by atoms with E-state index in [0.29, 0.717) is 31.5 Å². The van der Waals surface area contributed by atoms with Crippen LogP contribution in [0.15, 0.2) is 54.6 Å². The van der Waals surface area contributed by atoms with Crippen LogP contribution in [0.5, 0.6) is 0 Å². The molecule has 4 rings (SSSR count). The smallest absolute Gasteiger partial charge is 0.234 e. The van der Waals surface area contributed by atoms with Crippen LogP contribution in [0.3, 0.4) is 0 Å². The number of nitrogens with one attached hydrogen (secondary N) is 1. The number of para-hydroxylation sites is 1. The quantitative estimate of drug-likeness (QED) is 0.772. The monoisotopic (exact) mass is 378 g/mol. The van der Waals surface area contributed by atoms with Gasteiger partial charge in [0.05, 0.1) is 6.54 Å². The van der Waals surface area contributed by atoms with Crippen molar-refractivity contribution in [3.05, 3.63) is 65.7 Å². The van der Waals surface area contributed by atoms with E-state index in [2.05, 4.69) is 63.6 Å². The summed E-state index contributed by atoms with van der Waals surface area (Å²) < 4.78 is 0. The van der Waals surface area contributed by atoms with Crippen molar-refractivity contribution in [3.8, 4) is 0 Å². The fourth-order valence-electron chi connectivity index (χ4n) is 4.63. The lowest BCUT2D eigenvalue weighted by molar-refractivity contribution is -0.121. The molecule has 2 atom stereocenters. The van der Waals surface area contributed by atoms with Gasteiger partial charge in [-0.3, -0.25) is 9.69 Å². The van der Waals surface area contributed by atoms with Crippen LogP contribution in [0.1, 0.15) is 17.0 Å². The van der Waals surface area contributed by atoms with Gasteiger partial charge in [0.2, 0.25) is 5.91 Å². The summed E-state index contributed by atoms with van der Waals surface area (Å²) in [5.41, 5.74) is 10.1. The largest absolute Gasteiger partial charge is 0.369 e. The Morgan fingerprint density at radius 3 is 2.68 bits per heavy atom. The number of nitrogens with two attached hydrogens (primary N) is 1. The zero-order chi connectivity index (χ0) is 19.3. The Hall–Kier alpha value is -2.37. The van der Waals surface area contributed by atoms with Gasteiger partial charge in [-0.2, -0.15) is 0 Å². The van der Waals surface area contributed by atoms with Crippen molar-refractivity contribution < 1.29 is 4.79 Å². The van der Waals surface area contributed by atoms with Gasteiger partial charge in [0.1, 0.15) is 0 Å². The Kier molecular flexibility index (Phi) is 5.93. The Bertz CT molecular complexity index is 794. The molecule has 0 unspecified atom stereocenters. The lowest BCUT2D eigenvalue weighted by Gasteiger charge is -2.20. The van der Waals surface area contributed by atoms with E-state index in [9.17, 15) is 4.79 Å². The van der Waals surface area contributed by atoms with Gasteiger partial charge in [0.15, 0.2) is 0 Å². The molecule has 2 aromatic carbocycles. The first-order valence-corrected chi connectivity index (χ1v) is 10.3. The average molecular weight is 379 g/mol. The first kappa shape index (κ1) is 19.0. The molecule has 1 saturated heterocycles. The molecular formula is C23H30N4O. The summed E-state index contributed by atoms with van der Waals surface area (Å²) in [5.74, 6) is 0.938. The first-order valence-electron chi connectivity index (χ1n) is 10.3. The molecule has 2 aliphatic rings. The molecule has 2 aromatic rings. The normalized spacial score (nSPS) is 21.7. The van der Waals surface area contributed by atoms with E-state index in [-0.39, 0.29) is 5.91 Å². The molecule has 3 N–H and O–H groups in total. The van der Waals surface area contributed by atoms with E-state index in [1.165, 1.54) is 16.8 Å². The minimum Gasteiger partial charge on any atom is -0.369 e. The Balaban J connectivity index is 1.24. The van der Waals surface area contributed by atoms with E-state index in [0.717, 1.165) is 32.6 Å². The van der Waals surface area contributed by atoms with Crippen LogP contribution < -0.4 is 16.0 Å². The third-order valence-corrected chi connectivity index (χ3v) is 6.10. The molecule has 5 nitrogen and oxygen atoms in total. The molecule has 1 amide bonds. The highest BCUT2D eigenvalue weighted by Crippen LogP contribution is 2.31. The summed E-state index contributed by atoms with van der Waals surface area (Å²) in [5, 5.41) is 3.10. The van der Waals surface area contributed by atoms with Crippen molar-refractivity contribution in [1.82, 2.24) is 10.2 Å². The maximum absolute atomic E-state index is 12.5. The van der Waals surface area contributed by atoms with E-state index in [1.54, 1.807) is 0 Å². The van der Waals surface area contributed by atoms with E-state index < -0.39 is 0 Å². The third kappa shape index (κ3) is 4.21. The minimum absolute atomic E-state index is 0.108. The number of hydrogen-bond donors (Lipinski definition) is 2. The summed E-state index contributed by atoms with van der Waals surface area (Å²) in [6, 6.07) is 19.1. The van der Waals surface area contributed by atoms with Crippen LogP contribution in [-0.2, 0) is 11.2 Å². The zero-order valence-electron chi connectivity index (χ0n) is 16.4. The second-order valence-electron chi connectivity index (χ2n) is 7.92. The number of likely N-dealkylation sites (tertiary alicyclic amines) is 1. The van der Waals surface area contributed by atoms with Crippen LogP contribution in [0, 0.1) is 5.92 Å². The second-order valence-corrected chi connectivity index (χ2v) is 7.92. The summed E-state index contributed by atoms with van der Waals surface area (Å²) in [6.45, 7) is 5.49. The van der Waals surface area contributed by atoms with Gasteiger partial charge in [-0.1, -0.05) is 48.5 Å². The average Bonchev–Trinajstić information content (AvgIpc) is 3.33. The third-order valence-electron chi connectivity index (χ3n) is 6.10. The highest BCUT2D eigenvalue weighted by molar-refractivity contribution is 5.78. The van der Waals surface area contributed by atoms with Crippen molar-refractivity contribution in [2.24, 2.45) is 11.7 Å². The van der Waals surface area contributed by atoms with Crippen LogP contribution in [0.25, 0.3) is 0 Å². The zero-order valence-corrected chi connectivity index (χ0v) is 16.4. The number of nitrogens with zero attached hydrogens (tertiary/aromatic N) is 2. The van der Waals surface area contributed by atoms with Gasteiger partial charge in [-0.05, 0) is 36.1 Å². The Morgan fingerprint density at radius 1 is 1.07 bits per heavy atom. The fourth-order valence-corrected chi connectivity index (χ4v) is 4.63. The highest BCUT2D eigenvalue weighted by Gasteiger charge is 2.33. The number of carbonyl (C=O) groups excluding carboxylic acids is 1. The SMILES string of the molecule is NC[C@@H]1CN(CC(=O)NCCN2CCc3ccccc32)C[C@H]1c1ccccc1. The van der Waals surface area contributed by atoms with Gasteiger partial charge in [0, 0.05) is 44.3 Å². The van der Waals surface area contributed by atoms with Crippen molar-refractivity contribution in [1.29, 1.82) is 0 Å². The predicted octanol–water partition coefficient (Wildman–Crippen LogP) is 1.84. The van der Waals surface area contributed by atoms with Crippen molar-refractivity contribution >= 4 is 11.6 Å². The molecule has 148 valence electrons. The number of fused-ring (bicyclic) bond motifs is 1. The second kappa shape index (κ2) is 8.76. The van der Waals surface area contributed by atoms with Crippen molar-refractivity contribution in [2.45, 2.75) is 12.3 Å². The van der Waals surface area contributed by atoms with Crippen molar-refractivity contribution in [2.75, 3.05) is 50.7 Å². The van der Waals surface area contributed by atoms with Gasteiger partial charge in [-0.25, -0.2) is 0 Å². The number of carbonyl (C=O) groups is 1. The molecule has 2 heterocycles. The number of hydrogen-bond acceptors (Lipinski definition) is 4. The summed E-state index contributed by atoms with van der Waals surface area (Å²) in [7, 11) is 0. The number of anilines is 1. The number of benzene rings is 2. The molecule has 0 aliphatic carbocycles. The van der Waals surface area contributed by atoms with E-state index in [4.69, 9.17) is 5.73 Å². The summed E-state index contributed by atoms with van der Waals surface area (Å²) in [4.78, 5) is 17.1. The standard InChI is InChI=1S/C23H30N4O/c24-14-20-15-26(16-21(20)18-6-2-1-3-7-18)17-23(28)25-11-13-27-12-10-19-8-4-5-9-22(19)27/h1-9,20-21H,10-17,24H2,(H,25,28)/t20-,21+/m1/s1. The molecule has 5 heteroatoms.